The predicted molar refractivity (Wildman–Crippen MR) is 128 cm³/mol. The van der Waals surface area contributed by atoms with Crippen molar-refractivity contribution in [2.24, 2.45) is 0 Å². The minimum absolute atomic E-state index is 0.0976. The fraction of sp³-hybridized carbons (Fsp3) is 0. The van der Waals surface area contributed by atoms with E-state index in [0.717, 1.165) is 6.07 Å². The van der Waals surface area contributed by atoms with E-state index in [1.54, 1.807) is 42.5 Å². The Kier molecular flexibility index (Phi) is 6.65. The summed E-state index contributed by atoms with van der Waals surface area (Å²) in [5, 5.41) is 8.69. The van der Waals surface area contributed by atoms with Crippen LogP contribution in [0.25, 0.3) is 16.9 Å². The van der Waals surface area contributed by atoms with Crippen molar-refractivity contribution in [1.29, 1.82) is 0 Å². The molecule has 0 aliphatic rings. The molecular formula is C21H12Cl4N4O3S. The van der Waals surface area contributed by atoms with Gasteiger partial charge in [-0.2, -0.15) is 0 Å². The second-order valence-corrected chi connectivity index (χ2v) is 10.0. The number of carbonyl (C=O) groups is 1. The highest BCUT2D eigenvalue weighted by Crippen LogP contribution is 2.31. The second kappa shape index (κ2) is 9.32. The van der Waals surface area contributed by atoms with Crippen molar-refractivity contribution in [3.05, 3.63) is 92.5 Å². The number of halogens is 4. The van der Waals surface area contributed by atoms with Crippen LogP contribution in [0.3, 0.4) is 0 Å². The molecule has 7 nitrogen and oxygen atoms in total. The van der Waals surface area contributed by atoms with Crippen molar-refractivity contribution in [3.8, 4) is 16.9 Å². The van der Waals surface area contributed by atoms with Crippen molar-refractivity contribution in [2.45, 2.75) is 4.90 Å². The van der Waals surface area contributed by atoms with E-state index in [2.05, 4.69) is 10.3 Å². The molecule has 1 N–H and O–H groups in total. The molecule has 0 aliphatic heterocycles. The maximum atomic E-state index is 13.1. The molecule has 0 radical (unpaired) electrons. The van der Waals surface area contributed by atoms with Gasteiger partial charge in [0.15, 0.2) is 5.69 Å². The number of nitrogens with zero attached hydrogens (tertiary/aromatic N) is 3. The average molecular weight is 542 g/mol. The SMILES string of the molecule is O=C(NS(=O)(=O)c1cc(Cl)ccc1Cl)c1nnn(-c2ccc(Cl)cc2Cl)c1-c1ccccc1. The Labute approximate surface area is 208 Å². The molecule has 1 heterocycles. The number of benzene rings is 3. The molecule has 1 aromatic heterocycles. The number of aromatic nitrogens is 3. The molecule has 0 fully saturated rings. The van der Waals surface area contributed by atoms with E-state index in [-0.39, 0.29) is 31.4 Å². The zero-order valence-corrected chi connectivity index (χ0v) is 20.2. The maximum Gasteiger partial charge on any atom is 0.287 e. The lowest BCUT2D eigenvalue weighted by Crippen LogP contribution is -2.31. The third-order valence-corrected chi connectivity index (χ3v) is 7.07. The van der Waals surface area contributed by atoms with Crippen LogP contribution in [0.2, 0.25) is 20.1 Å². The molecule has 3 aromatic carbocycles. The summed E-state index contributed by atoms with van der Waals surface area (Å²) in [6, 6.07) is 17.3. The fourth-order valence-corrected chi connectivity index (χ4v) is 5.23. The van der Waals surface area contributed by atoms with Gasteiger partial charge in [0, 0.05) is 15.6 Å². The summed E-state index contributed by atoms with van der Waals surface area (Å²) < 4.78 is 29.0. The molecule has 0 aliphatic carbocycles. The van der Waals surface area contributed by atoms with Crippen LogP contribution in [0, 0.1) is 0 Å². The zero-order valence-electron chi connectivity index (χ0n) is 16.3. The lowest BCUT2D eigenvalue weighted by molar-refractivity contribution is 0.0977. The number of hydrogen-bond donors (Lipinski definition) is 1. The number of nitrogens with one attached hydrogen (secondary N) is 1. The van der Waals surface area contributed by atoms with Gasteiger partial charge < -0.3 is 0 Å². The largest absolute Gasteiger partial charge is 0.287 e. The van der Waals surface area contributed by atoms with Crippen LogP contribution in [-0.2, 0) is 10.0 Å². The zero-order chi connectivity index (χ0) is 23.8. The summed E-state index contributed by atoms with van der Waals surface area (Å²) in [7, 11) is -4.37. The Bertz CT molecular complexity index is 1470. The molecule has 12 heteroatoms. The van der Waals surface area contributed by atoms with E-state index in [0.29, 0.717) is 16.3 Å². The van der Waals surface area contributed by atoms with Crippen molar-refractivity contribution in [2.75, 3.05) is 0 Å². The van der Waals surface area contributed by atoms with Crippen molar-refractivity contribution in [3.63, 3.8) is 0 Å². The van der Waals surface area contributed by atoms with Crippen LogP contribution in [0.5, 0.6) is 0 Å². The van der Waals surface area contributed by atoms with Crippen LogP contribution in [0.1, 0.15) is 10.5 Å². The van der Waals surface area contributed by atoms with Crippen LogP contribution < -0.4 is 4.72 Å². The predicted octanol–water partition coefficient (Wildman–Crippen LogP) is 5.67. The number of amides is 1. The van der Waals surface area contributed by atoms with Crippen LogP contribution >= 0.6 is 46.4 Å². The highest BCUT2D eigenvalue weighted by atomic mass is 35.5. The molecule has 168 valence electrons. The smallest absolute Gasteiger partial charge is 0.266 e. The van der Waals surface area contributed by atoms with E-state index >= 15 is 0 Å². The molecule has 4 rings (SSSR count). The van der Waals surface area contributed by atoms with Gasteiger partial charge in [0.25, 0.3) is 15.9 Å². The minimum Gasteiger partial charge on any atom is -0.266 e. The molecule has 0 saturated carbocycles. The van der Waals surface area contributed by atoms with E-state index in [1.807, 2.05) is 4.72 Å². The lowest BCUT2D eigenvalue weighted by Gasteiger charge is -2.11. The van der Waals surface area contributed by atoms with Gasteiger partial charge in [-0.25, -0.2) is 17.8 Å². The van der Waals surface area contributed by atoms with Gasteiger partial charge in [-0.3, -0.25) is 4.79 Å². The van der Waals surface area contributed by atoms with Gasteiger partial charge in [-0.1, -0.05) is 81.9 Å². The highest BCUT2D eigenvalue weighted by molar-refractivity contribution is 7.90. The third-order valence-electron chi connectivity index (χ3n) is 4.48. The molecule has 4 aromatic rings. The summed E-state index contributed by atoms with van der Waals surface area (Å²) in [6.45, 7) is 0. The average Bonchev–Trinajstić information content (AvgIpc) is 3.20. The quantitative estimate of drug-likeness (QED) is 0.351. The monoisotopic (exact) mass is 540 g/mol. The minimum atomic E-state index is -4.37. The molecule has 0 unspecified atom stereocenters. The molecule has 0 bridgehead atoms. The van der Waals surface area contributed by atoms with Gasteiger partial charge in [-0.05, 0) is 36.4 Å². The summed E-state index contributed by atoms with van der Waals surface area (Å²) in [4.78, 5) is 12.7. The Hall–Kier alpha value is -2.62. The number of carbonyl (C=O) groups excluding carboxylic acids is 1. The van der Waals surface area contributed by atoms with Gasteiger partial charge in [0.05, 0.1) is 15.7 Å². The standard InChI is InChI=1S/C21H12Cl4N4O3S/c22-13-7-9-17(16(25)10-13)29-20(12-4-2-1-3-5-12)19(26-28-29)21(30)27-33(31,32)18-11-14(23)6-8-15(18)24/h1-11H,(H,27,30). The van der Waals surface area contributed by atoms with Gasteiger partial charge in [-0.15, -0.1) is 5.10 Å². The summed E-state index contributed by atoms with van der Waals surface area (Å²) in [5.41, 5.74) is 0.933. The second-order valence-electron chi connectivity index (χ2n) is 6.67. The first-order chi connectivity index (χ1) is 15.7. The Morgan fingerprint density at radius 2 is 1.52 bits per heavy atom. The van der Waals surface area contributed by atoms with Crippen LogP contribution in [-0.4, -0.2) is 29.3 Å². The van der Waals surface area contributed by atoms with E-state index < -0.39 is 15.9 Å². The van der Waals surface area contributed by atoms with Crippen LogP contribution in [0.4, 0.5) is 0 Å². The number of hydrogen-bond acceptors (Lipinski definition) is 5. The molecular weight excluding hydrogens is 530 g/mol. The molecule has 0 spiro atoms. The topological polar surface area (TPSA) is 93.9 Å². The third kappa shape index (κ3) is 4.85. The Morgan fingerprint density at radius 1 is 0.848 bits per heavy atom. The van der Waals surface area contributed by atoms with Crippen molar-refractivity contribution in [1.82, 2.24) is 19.7 Å². The first-order valence-electron chi connectivity index (χ1n) is 9.16. The Morgan fingerprint density at radius 3 is 2.21 bits per heavy atom. The normalized spacial score (nSPS) is 11.4. The molecule has 33 heavy (non-hydrogen) atoms. The van der Waals surface area contributed by atoms with E-state index in [1.165, 1.54) is 22.9 Å². The molecule has 0 atom stereocenters. The highest BCUT2D eigenvalue weighted by Gasteiger charge is 2.28. The summed E-state index contributed by atoms with van der Waals surface area (Å²) in [5.74, 6) is -1.01. The summed E-state index contributed by atoms with van der Waals surface area (Å²) >= 11 is 24.2. The van der Waals surface area contributed by atoms with Gasteiger partial charge >= 0.3 is 0 Å². The fourth-order valence-electron chi connectivity index (χ4n) is 3.02. The number of sulfonamides is 1. The van der Waals surface area contributed by atoms with Gasteiger partial charge in [0.2, 0.25) is 0 Å². The number of rotatable bonds is 5. The maximum absolute atomic E-state index is 13.1. The first kappa shape index (κ1) is 23.5. The van der Waals surface area contributed by atoms with Crippen molar-refractivity contribution < 1.29 is 13.2 Å². The van der Waals surface area contributed by atoms with Crippen molar-refractivity contribution >= 4 is 62.3 Å². The molecule has 0 saturated heterocycles. The van der Waals surface area contributed by atoms with E-state index in [4.69, 9.17) is 46.4 Å². The lowest BCUT2D eigenvalue weighted by atomic mass is 10.1. The summed E-state index contributed by atoms with van der Waals surface area (Å²) in [6.07, 6.45) is 0. The first-order valence-corrected chi connectivity index (χ1v) is 12.2. The molecule has 1 amide bonds. The van der Waals surface area contributed by atoms with Crippen LogP contribution in [0.15, 0.2) is 71.6 Å². The Balaban J connectivity index is 1.82. The van der Waals surface area contributed by atoms with E-state index in [9.17, 15) is 13.2 Å². The van der Waals surface area contributed by atoms with Gasteiger partial charge in [0.1, 0.15) is 10.6 Å².